The van der Waals surface area contributed by atoms with Crippen LogP contribution in [-0.4, -0.2) is 41.7 Å². The van der Waals surface area contributed by atoms with Gasteiger partial charge in [0.05, 0.1) is 0 Å². The molecule has 0 spiro atoms. The number of hydrogen-bond donors (Lipinski definition) is 2. The molecule has 1 saturated heterocycles. The maximum atomic E-state index is 11.2. The Morgan fingerprint density at radius 1 is 1.43 bits per heavy atom. The number of hydrogen-bond acceptors (Lipinski definition) is 3. The van der Waals surface area contributed by atoms with Crippen LogP contribution in [0.2, 0.25) is 0 Å². The molecule has 1 aliphatic heterocycles. The van der Waals surface area contributed by atoms with Gasteiger partial charge in [0.15, 0.2) is 0 Å². The van der Waals surface area contributed by atoms with Crippen LogP contribution in [0.15, 0.2) is 24.3 Å². The maximum Gasteiger partial charge on any atom is 0.320 e. The van der Waals surface area contributed by atoms with Crippen molar-refractivity contribution in [1.29, 1.82) is 0 Å². The van der Waals surface area contributed by atoms with Gasteiger partial charge >= 0.3 is 5.97 Å². The van der Waals surface area contributed by atoms with E-state index in [9.17, 15) is 9.90 Å². The van der Waals surface area contributed by atoms with E-state index in [1.807, 2.05) is 6.92 Å². The van der Waals surface area contributed by atoms with Gasteiger partial charge in [-0.2, -0.15) is 0 Å². The summed E-state index contributed by atoms with van der Waals surface area (Å²) in [5.41, 5.74) is 2.62. The van der Waals surface area contributed by atoms with Crippen molar-refractivity contribution in [3.63, 3.8) is 0 Å². The van der Waals surface area contributed by atoms with Crippen molar-refractivity contribution < 1.29 is 9.90 Å². The molecule has 0 bridgehead atoms. The standard InChI is InChI=1S/C17H26N2O2/c1-3-18-16(17(20)21)10-15-8-9-19(12-15)11-14-6-4-13(2)5-7-14/h4-7,15-16,18H,3,8-12H2,1-2H3,(H,20,21). The number of rotatable bonds is 7. The van der Waals surface area contributed by atoms with Gasteiger partial charge in [-0.15, -0.1) is 0 Å². The van der Waals surface area contributed by atoms with Crippen LogP contribution in [0.3, 0.4) is 0 Å². The Hall–Kier alpha value is -1.39. The van der Waals surface area contributed by atoms with E-state index in [1.54, 1.807) is 0 Å². The van der Waals surface area contributed by atoms with Crippen LogP contribution in [0.5, 0.6) is 0 Å². The molecule has 0 aromatic heterocycles. The molecule has 1 fully saturated rings. The molecule has 1 heterocycles. The number of likely N-dealkylation sites (tertiary alicyclic amines) is 1. The highest BCUT2D eigenvalue weighted by Gasteiger charge is 2.27. The summed E-state index contributed by atoms with van der Waals surface area (Å²) in [5.74, 6) is -0.246. The summed E-state index contributed by atoms with van der Waals surface area (Å²) in [4.78, 5) is 13.6. The maximum absolute atomic E-state index is 11.2. The summed E-state index contributed by atoms with van der Waals surface area (Å²) in [6.07, 6.45) is 1.83. The van der Waals surface area contributed by atoms with E-state index in [0.717, 1.165) is 32.5 Å². The van der Waals surface area contributed by atoms with E-state index >= 15 is 0 Å². The fraction of sp³-hybridized carbons (Fsp3) is 0.588. The minimum atomic E-state index is -0.728. The summed E-state index contributed by atoms with van der Waals surface area (Å²) in [7, 11) is 0. The first-order chi connectivity index (χ1) is 10.1. The van der Waals surface area contributed by atoms with Gasteiger partial charge < -0.3 is 10.4 Å². The van der Waals surface area contributed by atoms with Crippen molar-refractivity contribution in [2.24, 2.45) is 5.92 Å². The largest absolute Gasteiger partial charge is 0.480 e. The zero-order chi connectivity index (χ0) is 15.2. The monoisotopic (exact) mass is 290 g/mol. The van der Waals surface area contributed by atoms with E-state index in [1.165, 1.54) is 11.1 Å². The number of nitrogens with zero attached hydrogens (tertiary/aromatic N) is 1. The Morgan fingerprint density at radius 3 is 2.76 bits per heavy atom. The van der Waals surface area contributed by atoms with E-state index in [-0.39, 0.29) is 0 Å². The molecule has 116 valence electrons. The number of carbonyl (C=O) groups is 1. The average molecular weight is 290 g/mol. The average Bonchev–Trinajstić information content (AvgIpc) is 2.88. The van der Waals surface area contributed by atoms with Gasteiger partial charge in [-0.3, -0.25) is 9.69 Å². The van der Waals surface area contributed by atoms with E-state index in [2.05, 4.69) is 41.4 Å². The van der Waals surface area contributed by atoms with Crippen LogP contribution in [-0.2, 0) is 11.3 Å². The van der Waals surface area contributed by atoms with Gasteiger partial charge in [-0.25, -0.2) is 0 Å². The third kappa shape index (κ3) is 4.83. The van der Waals surface area contributed by atoms with E-state index < -0.39 is 12.0 Å². The van der Waals surface area contributed by atoms with Crippen LogP contribution in [0.25, 0.3) is 0 Å². The zero-order valence-electron chi connectivity index (χ0n) is 13.0. The van der Waals surface area contributed by atoms with Crippen LogP contribution in [0.1, 0.15) is 30.9 Å². The fourth-order valence-corrected chi connectivity index (χ4v) is 3.05. The molecule has 1 aromatic rings. The summed E-state index contributed by atoms with van der Waals surface area (Å²) in [5, 5.41) is 12.3. The lowest BCUT2D eigenvalue weighted by atomic mass is 9.99. The lowest BCUT2D eigenvalue weighted by Gasteiger charge is -2.19. The number of aliphatic carboxylic acids is 1. The molecule has 2 N–H and O–H groups in total. The topological polar surface area (TPSA) is 52.6 Å². The van der Waals surface area contributed by atoms with Crippen molar-refractivity contribution in [2.45, 2.75) is 39.3 Å². The van der Waals surface area contributed by atoms with Crippen LogP contribution in [0, 0.1) is 12.8 Å². The first kappa shape index (κ1) is 16.0. The van der Waals surface area contributed by atoms with Crippen LogP contribution < -0.4 is 5.32 Å². The smallest absolute Gasteiger partial charge is 0.320 e. The molecule has 1 aliphatic rings. The SMILES string of the molecule is CCNC(CC1CCN(Cc2ccc(C)cc2)C1)C(=O)O. The second-order valence-electron chi connectivity index (χ2n) is 6.06. The molecule has 2 rings (SSSR count). The predicted molar refractivity (Wildman–Crippen MR) is 84.3 cm³/mol. The highest BCUT2D eigenvalue weighted by Crippen LogP contribution is 2.23. The van der Waals surface area contributed by atoms with Gasteiger partial charge in [-0.1, -0.05) is 36.8 Å². The Kier molecular flexibility index (Phi) is 5.76. The lowest BCUT2D eigenvalue weighted by Crippen LogP contribution is -2.38. The van der Waals surface area contributed by atoms with Gasteiger partial charge in [0, 0.05) is 13.1 Å². The van der Waals surface area contributed by atoms with Crippen molar-refractivity contribution in [1.82, 2.24) is 10.2 Å². The third-order valence-electron chi connectivity index (χ3n) is 4.21. The molecule has 4 nitrogen and oxygen atoms in total. The molecule has 0 amide bonds. The number of nitrogens with one attached hydrogen (secondary N) is 1. The van der Waals surface area contributed by atoms with Crippen molar-refractivity contribution >= 4 is 5.97 Å². The molecule has 4 heteroatoms. The quantitative estimate of drug-likeness (QED) is 0.809. The lowest BCUT2D eigenvalue weighted by molar-refractivity contribution is -0.139. The van der Waals surface area contributed by atoms with Gasteiger partial charge in [0.1, 0.15) is 6.04 Å². The minimum Gasteiger partial charge on any atom is -0.480 e. The second-order valence-corrected chi connectivity index (χ2v) is 6.06. The summed E-state index contributed by atoms with van der Waals surface area (Å²) in [6, 6.07) is 8.26. The number of carboxylic acids is 1. The van der Waals surface area contributed by atoms with E-state index in [0.29, 0.717) is 12.5 Å². The highest BCUT2D eigenvalue weighted by atomic mass is 16.4. The molecule has 21 heavy (non-hydrogen) atoms. The molecule has 2 unspecified atom stereocenters. The molecular formula is C17H26N2O2. The van der Waals surface area contributed by atoms with Gasteiger partial charge in [-0.05, 0) is 44.3 Å². The first-order valence-electron chi connectivity index (χ1n) is 7.82. The molecule has 0 saturated carbocycles. The van der Waals surface area contributed by atoms with Gasteiger partial charge in [0.2, 0.25) is 0 Å². The van der Waals surface area contributed by atoms with Gasteiger partial charge in [0.25, 0.3) is 0 Å². The normalized spacial score (nSPS) is 20.6. The third-order valence-corrected chi connectivity index (χ3v) is 4.21. The molecule has 0 aliphatic carbocycles. The van der Waals surface area contributed by atoms with Crippen molar-refractivity contribution in [2.75, 3.05) is 19.6 Å². The molecule has 2 atom stereocenters. The van der Waals surface area contributed by atoms with Crippen molar-refractivity contribution in [3.05, 3.63) is 35.4 Å². The first-order valence-corrected chi connectivity index (χ1v) is 7.82. The van der Waals surface area contributed by atoms with Crippen molar-refractivity contribution in [3.8, 4) is 0 Å². The number of carboxylic acid groups (broad SMARTS) is 1. The molecule has 0 radical (unpaired) electrons. The number of aryl methyl sites for hydroxylation is 1. The minimum absolute atomic E-state index is 0.403. The Bertz CT molecular complexity index is 458. The Balaban J connectivity index is 1.82. The summed E-state index contributed by atoms with van der Waals surface area (Å²) < 4.78 is 0. The fourth-order valence-electron chi connectivity index (χ4n) is 3.05. The second kappa shape index (κ2) is 7.57. The molecular weight excluding hydrogens is 264 g/mol. The predicted octanol–water partition coefficient (Wildman–Crippen LogP) is 2.27. The van der Waals surface area contributed by atoms with E-state index in [4.69, 9.17) is 0 Å². The van der Waals surface area contributed by atoms with Crippen LogP contribution >= 0.6 is 0 Å². The molecule has 1 aromatic carbocycles. The Morgan fingerprint density at radius 2 is 2.14 bits per heavy atom. The van der Waals surface area contributed by atoms with Crippen LogP contribution in [0.4, 0.5) is 0 Å². The number of likely N-dealkylation sites (N-methyl/N-ethyl adjacent to an activating group) is 1. The number of benzene rings is 1. The zero-order valence-corrected chi connectivity index (χ0v) is 13.0. The Labute approximate surface area is 127 Å². The highest BCUT2D eigenvalue weighted by molar-refractivity contribution is 5.73. The summed E-state index contributed by atoms with van der Waals surface area (Å²) >= 11 is 0. The summed E-state index contributed by atoms with van der Waals surface area (Å²) in [6.45, 7) is 7.79.